The molecule has 5 nitrogen and oxygen atoms in total. The molecule has 0 saturated carbocycles. The van der Waals surface area contributed by atoms with Crippen LogP contribution >= 0.6 is 15.9 Å². The first kappa shape index (κ1) is 15.4. The fourth-order valence-corrected chi connectivity index (χ4v) is 2.63. The highest BCUT2D eigenvalue weighted by Gasteiger charge is 2.18. The van der Waals surface area contributed by atoms with Gasteiger partial charge in [0.05, 0.1) is 11.4 Å². The number of aliphatic hydroxyl groups is 1. The first-order chi connectivity index (χ1) is 9.69. The summed E-state index contributed by atoms with van der Waals surface area (Å²) in [5.41, 5.74) is 1.38. The van der Waals surface area contributed by atoms with E-state index in [9.17, 15) is 4.79 Å². The Morgan fingerprint density at radius 2 is 2.25 bits per heavy atom. The predicted octanol–water partition coefficient (Wildman–Crippen LogP) is 2.13. The number of hydrogen-bond donors (Lipinski definition) is 2. The Labute approximate surface area is 126 Å². The van der Waals surface area contributed by atoms with Gasteiger partial charge in [-0.25, -0.2) is 0 Å². The monoisotopic (exact) mass is 342 g/mol. The van der Waals surface area contributed by atoms with Crippen LogP contribution in [-0.4, -0.2) is 35.8 Å². The smallest absolute Gasteiger partial charge is 0.224 e. The lowest BCUT2D eigenvalue weighted by atomic mass is 9.96. The fourth-order valence-electron chi connectivity index (χ4n) is 2.29. The van der Waals surface area contributed by atoms with Crippen LogP contribution in [0.4, 0.5) is 5.69 Å². The molecule has 1 saturated heterocycles. The number of rotatable bonds is 5. The van der Waals surface area contributed by atoms with Crippen molar-refractivity contribution in [2.45, 2.75) is 25.7 Å². The SMILES string of the molecule is O=C(CC1CCOCC1)Nc1cc(Br)cnc1CCO. The largest absolute Gasteiger partial charge is 0.396 e. The molecule has 1 aliphatic heterocycles. The molecule has 20 heavy (non-hydrogen) atoms. The van der Waals surface area contributed by atoms with E-state index in [2.05, 4.69) is 26.2 Å². The highest BCUT2D eigenvalue weighted by Crippen LogP contribution is 2.22. The number of halogens is 1. The maximum atomic E-state index is 12.1. The van der Waals surface area contributed by atoms with Crippen molar-refractivity contribution in [1.82, 2.24) is 4.98 Å². The second-order valence-electron chi connectivity index (χ2n) is 4.93. The van der Waals surface area contributed by atoms with Crippen molar-refractivity contribution in [3.63, 3.8) is 0 Å². The number of aliphatic hydroxyl groups excluding tert-OH is 1. The van der Waals surface area contributed by atoms with E-state index in [-0.39, 0.29) is 12.5 Å². The maximum Gasteiger partial charge on any atom is 0.224 e. The van der Waals surface area contributed by atoms with E-state index in [0.717, 1.165) is 30.5 Å². The third-order valence-electron chi connectivity index (χ3n) is 3.37. The van der Waals surface area contributed by atoms with Gasteiger partial charge in [-0.15, -0.1) is 0 Å². The number of pyridine rings is 1. The highest BCUT2D eigenvalue weighted by atomic mass is 79.9. The minimum Gasteiger partial charge on any atom is -0.396 e. The van der Waals surface area contributed by atoms with Crippen LogP contribution in [0.1, 0.15) is 25.0 Å². The summed E-state index contributed by atoms with van der Waals surface area (Å²) in [5, 5.41) is 11.9. The molecule has 0 radical (unpaired) electrons. The van der Waals surface area contributed by atoms with Crippen LogP contribution < -0.4 is 5.32 Å². The zero-order chi connectivity index (χ0) is 14.4. The molecule has 0 aliphatic carbocycles. The quantitative estimate of drug-likeness (QED) is 0.859. The molecular formula is C14H19BrN2O3. The molecule has 110 valence electrons. The van der Waals surface area contributed by atoms with E-state index in [1.807, 2.05) is 6.07 Å². The molecule has 0 spiro atoms. The number of carbonyl (C=O) groups is 1. The molecule has 2 heterocycles. The Morgan fingerprint density at radius 3 is 2.95 bits per heavy atom. The third-order valence-corrected chi connectivity index (χ3v) is 3.81. The van der Waals surface area contributed by atoms with Crippen LogP contribution in [0.3, 0.4) is 0 Å². The lowest BCUT2D eigenvalue weighted by molar-refractivity contribution is -0.117. The summed E-state index contributed by atoms with van der Waals surface area (Å²) >= 11 is 3.34. The van der Waals surface area contributed by atoms with Crippen molar-refractivity contribution in [2.75, 3.05) is 25.1 Å². The van der Waals surface area contributed by atoms with Crippen molar-refractivity contribution in [1.29, 1.82) is 0 Å². The van der Waals surface area contributed by atoms with Crippen molar-refractivity contribution in [3.05, 3.63) is 22.4 Å². The summed E-state index contributed by atoms with van der Waals surface area (Å²) in [7, 11) is 0. The maximum absolute atomic E-state index is 12.1. The Kier molecular flexibility index (Phi) is 5.94. The fraction of sp³-hybridized carbons (Fsp3) is 0.571. The molecule has 2 N–H and O–H groups in total. The van der Waals surface area contributed by atoms with Gasteiger partial charge in [-0.3, -0.25) is 9.78 Å². The number of nitrogens with zero attached hydrogens (tertiary/aromatic N) is 1. The summed E-state index contributed by atoms with van der Waals surface area (Å²) < 4.78 is 6.10. The van der Waals surface area contributed by atoms with Crippen molar-refractivity contribution in [3.8, 4) is 0 Å². The van der Waals surface area contributed by atoms with Gasteiger partial charge in [0.1, 0.15) is 0 Å². The minimum absolute atomic E-state index is 0.00371. The summed E-state index contributed by atoms with van der Waals surface area (Å²) in [5.74, 6) is 0.390. The molecule has 0 aromatic carbocycles. The van der Waals surface area contributed by atoms with Gasteiger partial charge in [0.15, 0.2) is 0 Å². The lowest BCUT2D eigenvalue weighted by Crippen LogP contribution is -2.22. The molecule has 1 aromatic rings. The summed E-state index contributed by atoms with van der Waals surface area (Å²) in [6, 6.07) is 1.82. The van der Waals surface area contributed by atoms with Crippen LogP contribution in [0.2, 0.25) is 0 Å². The van der Waals surface area contributed by atoms with Crippen LogP contribution in [0.25, 0.3) is 0 Å². The molecule has 1 fully saturated rings. The van der Waals surface area contributed by atoms with Crippen molar-refractivity contribution in [2.24, 2.45) is 5.92 Å². The van der Waals surface area contributed by atoms with E-state index in [1.165, 1.54) is 0 Å². The standard InChI is InChI=1S/C14H19BrN2O3/c15-11-8-13(12(1-4-18)16-9-11)17-14(19)7-10-2-5-20-6-3-10/h8-10,18H,1-7H2,(H,17,19). The molecule has 2 rings (SSSR count). The van der Waals surface area contributed by atoms with E-state index in [4.69, 9.17) is 9.84 Å². The summed E-state index contributed by atoms with van der Waals surface area (Å²) in [6.45, 7) is 1.50. The zero-order valence-corrected chi connectivity index (χ0v) is 12.9. The van der Waals surface area contributed by atoms with Crippen LogP contribution in [0, 0.1) is 5.92 Å². The first-order valence-electron chi connectivity index (χ1n) is 6.82. The number of anilines is 1. The summed E-state index contributed by atoms with van der Waals surface area (Å²) in [4.78, 5) is 16.3. The Bertz CT molecular complexity index is 462. The molecule has 1 aromatic heterocycles. The van der Waals surface area contributed by atoms with Gasteiger partial charge >= 0.3 is 0 Å². The Hall–Kier alpha value is -0.980. The molecule has 0 bridgehead atoms. The third kappa shape index (κ3) is 4.54. The second kappa shape index (κ2) is 7.71. The van der Waals surface area contributed by atoms with E-state index < -0.39 is 0 Å². The highest BCUT2D eigenvalue weighted by molar-refractivity contribution is 9.10. The number of nitrogens with one attached hydrogen (secondary N) is 1. The number of amides is 1. The molecule has 0 unspecified atom stereocenters. The van der Waals surface area contributed by atoms with E-state index in [1.54, 1.807) is 6.20 Å². The average molecular weight is 343 g/mol. The topological polar surface area (TPSA) is 71.5 Å². The number of aromatic nitrogens is 1. The van der Waals surface area contributed by atoms with Crippen molar-refractivity contribution < 1.29 is 14.6 Å². The first-order valence-corrected chi connectivity index (χ1v) is 7.61. The lowest BCUT2D eigenvalue weighted by Gasteiger charge is -2.21. The summed E-state index contributed by atoms with van der Waals surface area (Å²) in [6.07, 6.45) is 4.48. The molecule has 1 aliphatic rings. The second-order valence-corrected chi connectivity index (χ2v) is 5.85. The van der Waals surface area contributed by atoms with Gasteiger partial charge in [0.25, 0.3) is 0 Å². The molecule has 6 heteroatoms. The zero-order valence-electron chi connectivity index (χ0n) is 11.3. The van der Waals surface area contributed by atoms with Gasteiger partial charge in [-0.2, -0.15) is 0 Å². The van der Waals surface area contributed by atoms with Crippen LogP contribution in [0.15, 0.2) is 16.7 Å². The Morgan fingerprint density at radius 1 is 1.50 bits per heavy atom. The Balaban J connectivity index is 1.97. The molecule has 1 amide bonds. The normalized spacial score (nSPS) is 16.1. The van der Waals surface area contributed by atoms with Crippen LogP contribution in [0.5, 0.6) is 0 Å². The van der Waals surface area contributed by atoms with E-state index >= 15 is 0 Å². The van der Waals surface area contributed by atoms with Crippen LogP contribution in [-0.2, 0) is 16.0 Å². The van der Waals surface area contributed by atoms with Gasteiger partial charge < -0.3 is 15.2 Å². The predicted molar refractivity (Wildman–Crippen MR) is 79.5 cm³/mol. The van der Waals surface area contributed by atoms with E-state index in [0.29, 0.717) is 30.1 Å². The van der Waals surface area contributed by atoms with Gasteiger partial charge in [-0.05, 0) is 40.8 Å². The molecule has 0 atom stereocenters. The minimum atomic E-state index is -0.00371. The number of carbonyl (C=O) groups excluding carboxylic acids is 1. The number of hydrogen-bond acceptors (Lipinski definition) is 4. The molecular weight excluding hydrogens is 324 g/mol. The van der Waals surface area contributed by atoms with Gasteiger partial charge in [0.2, 0.25) is 5.91 Å². The number of ether oxygens (including phenoxy) is 1. The van der Waals surface area contributed by atoms with Gasteiger partial charge in [-0.1, -0.05) is 0 Å². The average Bonchev–Trinajstić information content (AvgIpc) is 2.43. The van der Waals surface area contributed by atoms with Gasteiger partial charge in [0, 0.05) is 43.3 Å². The van der Waals surface area contributed by atoms with Crippen molar-refractivity contribution >= 4 is 27.5 Å².